The van der Waals surface area contributed by atoms with Gasteiger partial charge in [0.05, 0.1) is 6.54 Å². The van der Waals surface area contributed by atoms with Crippen molar-refractivity contribution < 1.29 is 48.6 Å². The first-order chi connectivity index (χ1) is 4.27. The van der Waals surface area contributed by atoms with E-state index < -0.39 is 13.8 Å². The number of phosphoric acid groups is 1. The molecule has 0 heterocycles. The third-order valence-corrected chi connectivity index (χ3v) is 0.175. The molecular formula is C2H8NO6PZn. The molecule has 0 aromatic carbocycles. The van der Waals surface area contributed by atoms with Crippen molar-refractivity contribution in [2.24, 2.45) is 5.73 Å². The molecule has 0 radical (unpaired) electrons. The van der Waals surface area contributed by atoms with Crippen LogP contribution in [0.2, 0.25) is 0 Å². The molecule has 6 N–H and O–H groups in total. The maximum Gasteiger partial charge on any atom is 0.466 e. The van der Waals surface area contributed by atoms with Crippen LogP contribution < -0.4 is 5.73 Å². The fraction of sp³-hybridized carbons (Fsp3) is 0.500. The van der Waals surface area contributed by atoms with Crippen molar-refractivity contribution in [3.8, 4) is 0 Å². The van der Waals surface area contributed by atoms with E-state index in [4.69, 9.17) is 24.4 Å². The minimum atomic E-state index is -4.64. The summed E-state index contributed by atoms with van der Waals surface area (Å²) in [6, 6.07) is 0. The summed E-state index contributed by atoms with van der Waals surface area (Å²) in [5.74, 6) is -0.968. The molecule has 0 atom stereocenters. The molecule has 9 heteroatoms. The zero-order valence-electron chi connectivity index (χ0n) is 5.54. The molecule has 11 heavy (non-hydrogen) atoms. The van der Waals surface area contributed by atoms with Gasteiger partial charge in [0.15, 0.2) is 0 Å². The number of hydrogen-bond acceptors (Lipinski definition) is 3. The van der Waals surface area contributed by atoms with E-state index in [9.17, 15) is 4.79 Å². The first-order valence-corrected chi connectivity index (χ1v) is 3.54. The largest absolute Gasteiger partial charge is 0.480 e. The van der Waals surface area contributed by atoms with Crippen LogP contribution in [0, 0.1) is 0 Å². The minimum absolute atomic E-state index is 0. The Hall–Kier alpha value is 0.163. The topological polar surface area (TPSA) is 141 Å². The van der Waals surface area contributed by atoms with E-state index in [1.165, 1.54) is 0 Å². The summed E-state index contributed by atoms with van der Waals surface area (Å²) >= 11 is 0. The van der Waals surface area contributed by atoms with Gasteiger partial charge in [-0.05, 0) is 0 Å². The Balaban J connectivity index is -0.000000107. The average molecular weight is 238 g/mol. The van der Waals surface area contributed by atoms with Gasteiger partial charge in [0.2, 0.25) is 0 Å². The van der Waals surface area contributed by atoms with E-state index in [1.54, 1.807) is 0 Å². The van der Waals surface area contributed by atoms with Gasteiger partial charge in [-0.25, -0.2) is 4.57 Å². The zero-order valence-corrected chi connectivity index (χ0v) is 9.41. The summed E-state index contributed by atoms with van der Waals surface area (Å²) in [5.41, 5.74) is 4.57. The molecule has 0 aliphatic carbocycles. The van der Waals surface area contributed by atoms with Gasteiger partial charge in [-0.3, -0.25) is 4.79 Å². The molecule has 0 bridgehead atoms. The van der Waals surface area contributed by atoms with Crippen molar-refractivity contribution in [2.45, 2.75) is 0 Å². The van der Waals surface area contributed by atoms with E-state index in [2.05, 4.69) is 5.73 Å². The Kier molecular flexibility index (Phi) is 13.0. The van der Waals surface area contributed by atoms with E-state index >= 15 is 0 Å². The average Bonchev–Trinajstić information content (AvgIpc) is 1.61. The number of carboxylic acid groups (broad SMARTS) is 1. The Morgan fingerprint density at radius 3 is 1.45 bits per heavy atom. The van der Waals surface area contributed by atoms with Gasteiger partial charge in [0.1, 0.15) is 0 Å². The summed E-state index contributed by atoms with van der Waals surface area (Å²) in [5, 5.41) is 7.60. The molecule has 7 nitrogen and oxygen atoms in total. The molecule has 0 saturated heterocycles. The second-order valence-corrected chi connectivity index (χ2v) is 2.14. The van der Waals surface area contributed by atoms with Crippen molar-refractivity contribution in [3.63, 3.8) is 0 Å². The summed E-state index contributed by atoms with van der Waals surface area (Å²) in [6.45, 7) is -0.278. The normalized spacial score (nSPS) is 8.73. The number of carboxylic acids is 1. The summed E-state index contributed by atoms with van der Waals surface area (Å²) < 4.78 is 8.88. The third kappa shape index (κ3) is 145. The molecule has 0 aliphatic rings. The standard InChI is InChI=1S/C2H5NO2.H3O4P.Zn/c3-1-2(4)5;1-5(2,3)4;/h1,3H2,(H,4,5);(H3,1,2,3,4);. The van der Waals surface area contributed by atoms with Crippen LogP contribution in [0.15, 0.2) is 0 Å². The monoisotopic (exact) mass is 237 g/mol. The number of aliphatic carboxylic acids is 1. The fourth-order valence-corrected chi connectivity index (χ4v) is 0. The van der Waals surface area contributed by atoms with Crippen LogP contribution in [0.4, 0.5) is 0 Å². The van der Waals surface area contributed by atoms with Crippen LogP contribution in [0.3, 0.4) is 0 Å². The summed E-state index contributed by atoms with van der Waals surface area (Å²) in [4.78, 5) is 30.8. The Bertz CT molecular complexity index is 135. The first kappa shape index (κ1) is 17.3. The quantitative estimate of drug-likeness (QED) is 0.265. The SMILES string of the molecule is NCC(=O)O.O=P(O)(O)O.[Zn]. The van der Waals surface area contributed by atoms with Gasteiger partial charge in [0, 0.05) is 19.5 Å². The Morgan fingerprint density at radius 1 is 1.36 bits per heavy atom. The molecule has 0 aliphatic heterocycles. The van der Waals surface area contributed by atoms with Crippen LogP contribution in [0.25, 0.3) is 0 Å². The molecule has 0 fully saturated rings. The molecule has 64 valence electrons. The van der Waals surface area contributed by atoms with Crippen LogP contribution in [-0.4, -0.2) is 32.3 Å². The van der Waals surface area contributed by atoms with E-state index in [-0.39, 0.29) is 26.0 Å². The third-order valence-electron chi connectivity index (χ3n) is 0.175. The van der Waals surface area contributed by atoms with Gasteiger partial charge < -0.3 is 25.5 Å². The first-order valence-electron chi connectivity index (χ1n) is 1.97. The maximum atomic E-state index is 9.24. The Labute approximate surface area is 75.2 Å². The van der Waals surface area contributed by atoms with Gasteiger partial charge in [-0.1, -0.05) is 0 Å². The van der Waals surface area contributed by atoms with Crippen LogP contribution in [-0.2, 0) is 28.8 Å². The number of rotatable bonds is 1. The van der Waals surface area contributed by atoms with Crippen molar-refractivity contribution in [1.29, 1.82) is 0 Å². The number of hydrogen-bond donors (Lipinski definition) is 5. The van der Waals surface area contributed by atoms with Crippen molar-refractivity contribution in [3.05, 3.63) is 0 Å². The zero-order chi connectivity index (χ0) is 8.78. The second-order valence-electron chi connectivity index (χ2n) is 1.11. The van der Waals surface area contributed by atoms with E-state index in [0.717, 1.165) is 0 Å². The predicted molar refractivity (Wildman–Crippen MR) is 31.0 cm³/mol. The second kappa shape index (κ2) is 8.26. The van der Waals surface area contributed by atoms with Crippen LogP contribution in [0.5, 0.6) is 0 Å². The van der Waals surface area contributed by atoms with Crippen LogP contribution in [0.1, 0.15) is 0 Å². The van der Waals surface area contributed by atoms with Gasteiger partial charge in [0.25, 0.3) is 0 Å². The number of carbonyl (C=O) groups is 1. The molecule has 0 unspecified atom stereocenters. The molecule has 0 amide bonds. The van der Waals surface area contributed by atoms with Crippen LogP contribution >= 0.6 is 7.82 Å². The van der Waals surface area contributed by atoms with Gasteiger partial charge in [-0.2, -0.15) is 0 Å². The van der Waals surface area contributed by atoms with Gasteiger partial charge in [-0.15, -0.1) is 0 Å². The molecule has 0 saturated carbocycles. The summed E-state index contributed by atoms with van der Waals surface area (Å²) in [7, 11) is -4.64. The smallest absolute Gasteiger partial charge is 0.466 e. The van der Waals surface area contributed by atoms with E-state index in [0.29, 0.717) is 0 Å². The van der Waals surface area contributed by atoms with Gasteiger partial charge >= 0.3 is 13.8 Å². The van der Waals surface area contributed by atoms with E-state index in [1.807, 2.05) is 0 Å². The molecule has 0 spiro atoms. The molecular weight excluding hydrogens is 230 g/mol. The van der Waals surface area contributed by atoms with Crippen molar-refractivity contribution in [2.75, 3.05) is 6.54 Å². The minimum Gasteiger partial charge on any atom is -0.480 e. The number of nitrogens with two attached hydrogens (primary N) is 1. The molecule has 0 aromatic rings. The predicted octanol–water partition coefficient (Wildman–Crippen LogP) is -1.90. The maximum absolute atomic E-state index is 9.24. The van der Waals surface area contributed by atoms with Crippen molar-refractivity contribution in [1.82, 2.24) is 0 Å². The fourth-order valence-electron chi connectivity index (χ4n) is 0. The molecule has 0 aromatic heterocycles. The molecule has 0 rings (SSSR count). The van der Waals surface area contributed by atoms with Crippen molar-refractivity contribution >= 4 is 13.8 Å². The Morgan fingerprint density at radius 2 is 1.45 bits per heavy atom. The summed E-state index contributed by atoms with van der Waals surface area (Å²) in [6.07, 6.45) is 0.